The Morgan fingerprint density at radius 3 is 2.94 bits per heavy atom. The summed E-state index contributed by atoms with van der Waals surface area (Å²) in [5.41, 5.74) is 0. The highest BCUT2D eigenvalue weighted by molar-refractivity contribution is 7.14. The number of thiophene rings is 1. The summed E-state index contributed by atoms with van der Waals surface area (Å²) in [4.78, 5) is 25.8. The first-order chi connectivity index (χ1) is 8.16. The van der Waals surface area contributed by atoms with E-state index >= 15 is 0 Å². The van der Waals surface area contributed by atoms with Gasteiger partial charge in [0.05, 0.1) is 16.3 Å². The second-order valence-corrected chi connectivity index (χ2v) is 5.02. The number of nitrogens with zero attached hydrogens (tertiary/aromatic N) is 1. The Bertz CT molecular complexity index is 507. The maximum atomic E-state index is 11.3. The summed E-state index contributed by atoms with van der Waals surface area (Å²) < 4.78 is 0. The van der Waals surface area contributed by atoms with E-state index in [-0.39, 0.29) is 11.7 Å². The summed E-state index contributed by atoms with van der Waals surface area (Å²) in [5.74, 6) is 6.23. The number of carbonyl (C=O) groups excluding carboxylic acids is 2. The molecule has 1 aromatic heterocycles. The van der Waals surface area contributed by atoms with E-state index in [1.165, 1.54) is 11.3 Å². The van der Waals surface area contributed by atoms with Crippen LogP contribution in [0.15, 0.2) is 12.1 Å². The molecule has 0 bridgehead atoms. The van der Waals surface area contributed by atoms with Gasteiger partial charge in [-0.1, -0.05) is 11.8 Å². The van der Waals surface area contributed by atoms with Gasteiger partial charge in [0, 0.05) is 13.0 Å². The van der Waals surface area contributed by atoms with Crippen LogP contribution in [0.5, 0.6) is 0 Å². The zero-order valence-corrected chi connectivity index (χ0v) is 10.5. The second kappa shape index (κ2) is 5.15. The number of likely N-dealkylation sites (tertiary alicyclic amines) is 1. The van der Waals surface area contributed by atoms with E-state index in [4.69, 9.17) is 0 Å². The van der Waals surface area contributed by atoms with Gasteiger partial charge in [-0.2, -0.15) is 0 Å². The van der Waals surface area contributed by atoms with Gasteiger partial charge in [-0.15, -0.1) is 11.3 Å². The van der Waals surface area contributed by atoms with Gasteiger partial charge in [0.2, 0.25) is 5.91 Å². The molecule has 0 N–H and O–H groups in total. The number of hydrogen-bond acceptors (Lipinski definition) is 3. The van der Waals surface area contributed by atoms with Gasteiger partial charge in [-0.05, 0) is 25.5 Å². The molecule has 17 heavy (non-hydrogen) atoms. The standard InChI is InChI=1S/C13H13NO2S/c1-10(15)12-7-6-11(17-12)4-2-8-14-9-3-5-13(14)16/h6-7H,3,5,8-9H2,1H3. The monoisotopic (exact) mass is 247 g/mol. The van der Waals surface area contributed by atoms with Crippen molar-refractivity contribution in [2.24, 2.45) is 0 Å². The summed E-state index contributed by atoms with van der Waals surface area (Å²) in [7, 11) is 0. The summed E-state index contributed by atoms with van der Waals surface area (Å²) in [6.45, 7) is 2.86. The molecule has 1 amide bonds. The molecule has 0 spiro atoms. The number of Topliss-reactive ketones (excluding diaryl/α,β-unsaturated/α-hetero) is 1. The zero-order chi connectivity index (χ0) is 12.3. The molecule has 0 saturated carbocycles. The average Bonchev–Trinajstić information content (AvgIpc) is 2.89. The average molecular weight is 247 g/mol. The van der Waals surface area contributed by atoms with Crippen LogP contribution in [0.25, 0.3) is 0 Å². The molecule has 3 nitrogen and oxygen atoms in total. The molecule has 0 aliphatic carbocycles. The van der Waals surface area contributed by atoms with Crippen molar-refractivity contribution < 1.29 is 9.59 Å². The Morgan fingerprint density at radius 2 is 2.35 bits per heavy atom. The van der Waals surface area contributed by atoms with Gasteiger partial charge in [0.15, 0.2) is 5.78 Å². The highest BCUT2D eigenvalue weighted by Crippen LogP contribution is 2.15. The van der Waals surface area contributed by atoms with Crippen molar-refractivity contribution >= 4 is 23.0 Å². The molecule has 1 fully saturated rings. The van der Waals surface area contributed by atoms with Crippen molar-refractivity contribution in [1.29, 1.82) is 0 Å². The van der Waals surface area contributed by atoms with E-state index in [2.05, 4.69) is 11.8 Å². The molecular weight excluding hydrogens is 234 g/mol. The molecule has 4 heteroatoms. The van der Waals surface area contributed by atoms with Crippen LogP contribution < -0.4 is 0 Å². The Balaban J connectivity index is 1.96. The smallest absolute Gasteiger partial charge is 0.223 e. The summed E-state index contributed by atoms with van der Waals surface area (Å²) in [5, 5.41) is 0. The first-order valence-corrected chi connectivity index (χ1v) is 6.36. The van der Waals surface area contributed by atoms with Crippen molar-refractivity contribution in [2.75, 3.05) is 13.1 Å². The van der Waals surface area contributed by atoms with E-state index in [0.717, 1.165) is 22.7 Å². The molecule has 0 aromatic carbocycles. The number of hydrogen-bond donors (Lipinski definition) is 0. The maximum absolute atomic E-state index is 11.3. The molecule has 88 valence electrons. The lowest BCUT2D eigenvalue weighted by molar-refractivity contribution is -0.127. The van der Waals surface area contributed by atoms with Gasteiger partial charge in [-0.25, -0.2) is 0 Å². The molecule has 2 rings (SSSR count). The van der Waals surface area contributed by atoms with E-state index < -0.39 is 0 Å². The van der Waals surface area contributed by atoms with Crippen molar-refractivity contribution in [3.63, 3.8) is 0 Å². The molecule has 2 heterocycles. The fourth-order valence-corrected chi connectivity index (χ4v) is 2.46. The van der Waals surface area contributed by atoms with Gasteiger partial charge < -0.3 is 4.90 Å². The van der Waals surface area contributed by atoms with Crippen LogP contribution in [0.1, 0.15) is 34.3 Å². The van der Waals surface area contributed by atoms with Crippen LogP contribution in [0.4, 0.5) is 0 Å². The third-order valence-electron chi connectivity index (χ3n) is 2.61. The molecular formula is C13H13NO2S. The van der Waals surface area contributed by atoms with Crippen LogP contribution in [0.3, 0.4) is 0 Å². The third kappa shape index (κ3) is 2.95. The van der Waals surface area contributed by atoms with E-state index in [9.17, 15) is 9.59 Å². The first kappa shape index (κ1) is 11.9. The summed E-state index contributed by atoms with van der Waals surface area (Å²) >= 11 is 1.40. The Morgan fingerprint density at radius 1 is 1.53 bits per heavy atom. The van der Waals surface area contributed by atoms with Crippen LogP contribution in [0.2, 0.25) is 0 Å². The minimum absolute atomic E-state index is 0.0674. The van der Waals surface area contributed by atoms with E-state index in [1.807, 2.05) is 6.07 Å². The van der Waals surface area contributed by atoms with Crippen molar-refractivity contribution in [1.82, 2.24) is 4.90 Å². The Labute approximate surface area is 104 Å². The lowest BCUT2D eigenvalue weighted by Gasteiger charge is -2.09. The number of amides is 1. The molecule has 0 radical (unpaired) electrons. The lowest BCUT2D eigenvalue weighted by atomic mass is 10.3. The van der Waals surface area contributed by atoms with Crippen LogP contribution in [-0.4, -0.2) is 29.7 Å². The normalized spacial score (nSPS) is 14.6. The largest absolute Gasteiger partial charge is 0.332 e. The zero-order valence-electron chi connectivity index (χ0n) is 9.66. The number of ketones is 1. The first-order valence-electron chi connectivity index (χ1n) is 5.54. The SMILES string of the molecule is CC(=O)c1ccc(C#CCN2CCCC2=O)s1. The van der Waals surface area contributed by atoms with E-state index in [0.29, 0.717) is 13.0 Å². The molecule has 1 aliphatic heterocycles. The number of rotatable bonds is 2. The number of carbonyl (C=O) groups is 2. The predicted molar refractivity (Wildman–Crippen MR) is 67.0 cm³/mol. The van der Waals surface area contributed by atoms with Gasteiger partial charge in [-0.3, -0.25) is 9.59 Å². The van der Waals surface area contributed by atoms with Crippen LogP contribution in [-0.2, 0) is 4.79 Å². The van der Waals surface area contributed by atoms with Crippen molar-refractivity contribution in [3.8, 4) is 11.8 Å². The third-order valence-corrected chi connectivity index (χ3v) is 3.71. The van der Waals surface area contributed by atoms with E-state index in [1.54, 1.807) is 17.9 Å². The fourth-order valence-electron chi connectivity index (χ4n) is 1.69. The van der Waals surface area contributed by atoms with Crippen molar-refractivity contribution in [2.45, 2.75) is 19.8 Å². The maximum Gasteiger partial charge on any atom is 0.223 e. The topological polar surface area (TPSA) is 37.4 Å². The highest BCUT2D eigenvalue weighted by Gasteiger charge is 2.18. The van der Waals surface area contributed by atoms with Gasteiger partial charge in [0.25, 0.3) is 0 Å². The highest BCUT2D eigenvalue weighted by atomic mass is 32.1. The Hall–Kier alpha value is -1.60. The molecule has 1 saturated heterocycles. The fraction of sp³-hybridized carbons (Fsp3) is 0.385. The lowest BCUT2D eigenvalue weighted by Crippen LogP contribution is -2.24. The van der Waals surface area contributed by atoms with Crippen LogP contribution in [0, 0.1) is 11.8 Å². The summed E-state index contributed by atoms with van der Waals surface area (Å²) in [6, 6.07) is 3.64. The van der Waals surface area contributed by atoms with Gasteiger partial charge in [0.1, 0.15) is 0 Å². The molecule has 1 aromatic rings. The minimum Gasteiger partial charge on any atom is -0.332 e. The quantitative estimate of drug-likeness (QED) is 0.591. The van der Waals surface area contributed by atoms with Gasteiger partial charge >= 0.3 is 0 Å². The minimum atomic E-state index is 0.0674. The Kier molecular flexibility index (Phi) is 3.60. The molecule has 0 unspecified atom stereocenters. The summed E-state index contributed by atoms with van der Waals surface area (Å²) in [6.07, 6.45) is 1.59. The molecule has 1 aliphatic rings. The van der Waals surface area contributed by atoms with Crippen LogP contribution >= 0.6 is 11.3 Å². The predicted octanol–water partition coefficient (Wildman–Crippen LogP) is 1.92. The molecule has 0 atom stereocenters. The second-order valence-electron chi connectivity index (χ2n) is 3.94. The van der Waals surface area contributed by atoms with Crippen molar-refractivity contribution in [3.05, 3.63) is 21.9 Å².